The number of hydrogen-bond donors (Lipinski definition) is 3. The molecular weight excluding hydrogens is 238 g/mol. The minimum Gasteiger partial charge on any atom is -0.504 e. The summed E-state index contributed by atoms with van der Waals surface area (Å²) in [5, 5.41) is 21.3. The predicted octanol–water partition coefficient (Wildman–Crippen LogP) is 1.19. The molecule has 0 fully saturated rings. The molecule has 0 saturated heterocycles. The summed E-state index contributed by atoms with van der Waals surface area (Å²) < 4.78 is 0. The Hall–Kier alpha value is -1.80. The third-order valence-corrected chi connectivity index (χ3v) is 2.84. The lowest BCUT2D eigenvalue weighted by Gasteiger charge is -2.07. The number of amides is 1. The van der Waals surface area contributed by atoms with E-state index in [0.717, 1.165) is 0 Å². The Morgan fingerprint density at radius 2 is 2.24 bits per heavy atom. The second-order valence-corrected chi connectivity index (χ2v) is 4.29. The van der Waals surface area contributed by atoms with Gasteiger partial charge in [-0.2, -0.15) is 0 Å². The smallest absolute Gasteiger partial charge is 0.255 e. The van der Waals surface area contributed by atoms with E-state index in [9.17, 15) is 15.0 Å². The Kier molecular flexibility index (Phi) is 5.24. The highest BCUT2D eigenvalue weighted by Gasteiger charge is 2.12. The monoisotopic (exact) mass is 251 g/mol. The molecule has 0 aliphatic carbocycles. The zero-order valence-electron chi connectivity index (χ0n) is 9.14. The average molecular weight is 251 g/mol. The van der Waals surface area contributed by atoms with Crippen LogP contribution in [0.4, 0.5) is 0 Å². The topological polar surface area (TPSA) is 69.6 Å². The van der Waals surface area contributed by atoms with Gasteiger partial charge in [0.05, 0.1) is 11.3 Å². The van der Waals surface area contributed by atoms with Crippen LogP contribution in [0.3, 0.4) is 0 Å². The molecule has 0 heterocycles. The van der Waals surface area contributed by atoms with Crippen LogP contribution in [-0.4, -0.2) is 34.2 Å². The molecule has 0 bridgehead atoms. The van der Waals surface area contributed by atoms with E-state index in [0.29, 0.717) is 18.1 Å². The average Bonchev–Trinajstić information content (AvgIpc) is 2.32. The van der Waals surface area contributed by atoms with E-state index in [1.54, 1.807) is 0 Å². The predicted molar refractivity (Wildman–Crippen MR) is 68.3 cm³/mol. The third-order valence-electron chi connectivity index (χ3n) is 1.98. The molecule has 17 heavy (non-hydrogen) atoms. The fourth-order valence-electron chi connectivity index (χ4n) is 1.18. The van der Waals surface area contributed by atoms with Gasteiger partial charge in [0.1, 0.15) is 0 Å². The van der Waals surface area contributed by atoms with E-state index in [2.05, 4.69) is 11.2 Å². The maximum absolute atomic E-state index is 11.6. The van der Waals surface area contributed by atoms with Crippen LogP contribution in [0, 0.1) is 12.3 Å². The standard InChI is InChI=1S/C12H13NO3S/c1-2-7-17-8-6-13-12(16)9-4-3-5-10(14)11(9)15/h1,3-5,14-15H,6-8H2,(H,13,16). The molecule has 0 unspecified atom stereocenters. The fraction of sp³-hybridized carbons (Fsp3) is 0.250. The number of phenols is 2. The Balaban J connectivity index is 2.48. The molecule has 5 heteroatoms. The highest BCUT2D eigenvalue weighted by molar-refractivity contribution is 7.99. The molecule has 0 aliphatic heterocycles. The summed E-state index contributed by atoms with van der Waals surface area (Å²) in [5.41, 5.74) is 0.0620. The number of thioether (sulfide) groups is 1. The van der Waals surface area contributed by atoms with Gasteiger partial charge in [-0.3, -0.25) is 4.79 Å². The molecule has 0 atom stereocenters. The van der Waals surface area contributed by atoms with Gasteiger partial charge in [-0.1, -0.05) is 12.0 Å². The number of hydrogen-bond acceptors (Lipinski definition) is 4. The molecule has 0 spiro atoms. The van der Waals surface area contributed by atoms with Crippen molar-refractivity contribution in [3.63, 3.8) is 0 Å². The van der Waals surface area contributed by atoms with Crippen molar-refractivity contribution < 1.29 is 15.0 Å². The fourth-order valence-corrected chi connectivity index (χ4v) is 1.69. The lowest BCUT2D eigenvalue weighted by molar-refractivity contribution is 0.0953. The summed E-state index contributed by atoms with van der Waals surface area (Å²) in [5.74, 6) is 2.66. The van der Waals surface area contributed by atoms with Crippen molar-refractivity contribution in [1.29, 1.82) is 0 Å². The number of para-hydroxylation sites is 1. The number of rotatable bonds is 5. The lowest BCUT2D eigenvalue weighted by Crippen LogP contribution is -2.25. The Morgan fingerprint density at radius 1 is 1.47 bits per heavy atom. The van der Waals surface area contributed by atoms with Crippen molar-refractivity contribution in [1.82, 2.24) is 5.32 Å². The van der Waals surface area contributed by atoms with E-state index in [4.69, 9.17) is 6.42 Å². The van der Waals surface area contributed by atoms with Crippen LogP contribution in [-0.2, 0) is 0 Å². The summed E-state index contributed by atoms with van der Waals surface area (Å²) in [7, 11) is 0. The Bertz CT molecular complexity index is 440. The first-order valence-electron chi connectivity index (χ1n) is 4.97. The van der Waals surface area contributed by atoms with Crippen LogP contribution in [0.5, 0.6) is 11.5 Å². The van der Waals surface area contributed by atoms with Crippen LogP contribution in [0.1, 0.15) is 10.4 Å². The number of carbonyl (C=O) groups is 1. The lowest BCUT2D eigenvalue weighted by atomic mass is 10.2. The zero-order valence-corrected chi connectivity index (χ0v) is 9.96. The van der Waals surface area contributed by atoms with E-state index < -0.39 is 11.7 Å². The first-order valence-corrected chi connectivity index (χ1v) is 6.12. The summed E-state index contributed by atoms with van der Waals surface area (Å²) in [4.78, 5) is 11.6. The molecule has 1 amide bonds. The molecule has 1 rings (SSSR count). The Morgan fingerprint density at radius 3 is 2.94 bits per heavy atom. The number of terminal acetylenes is 1. The van der Waals surface area contributed by atoms with E-state index in [1.807, 2.05) is 0 Å². The van der Waals surface area contributed by atoms with Crippen LogP contribution in [0.25, 0.3) is 0 Å². The molecule has 3 N–H and O–H groups in total. The van der Waals surface area contributed by atoms with Gasteiger partial charge < -0.3 is 15.5 Å². The number of nitrogens with one attached hydrogen (secondary N) is 1. The molecule has 0 aromatic heterocycles. The van der Waals surface area contributed by atoms with Crippen molar-refractivity contribution in [3.05, 3.63) is 23.8 Å². The molecule has 1 aromatic rings. The van der Waals surface area contributed by atoms with Gasteiger partial charge in [-0.05, 0) is 12.1 Å². The second-order valence-electron chi connectivity index (χ2n) is 3.19. The van der Waals surface area contributed by atoms with Gasteiger partial charge in [0.2, 0.25) is 0 Å². The Labute approximate surface area is 104 Å². The normalized spacial score (nSPS) is 9.59. The summed E-state index contributed by atoms with van der Waals surface area (Å²) in [6, 6.07) is 4.25. The van der Waals surface area contributed by atoms with Gasteiger partial charge in [0.25, 0.3) is 5.91 Å². The van der Waals surface area contributed by atoms with Crippen LogP contribution in [0.2, 0.25) is 0 Å². The number of phenolic OH excluding ortho intramolecular Hbond substituents is 2. The largest absolute Gasteiger partial charge is 0.504 e. The molecule has 0 radical (unpaired) electrons. The highest BCUT2D eigenvalue weighted by atomic mass is 32.2. The molecular formula is C12H13NO3S. The maximum Gasteiger partial charge on any atom is 0.255 e. The van der Waals surface area contributed by atoms with Crippen molar-refractivity contribution >= 4 is 17.7 Å². The van der Waals surface area contributed by atoms with Gasteiger partial charge in [0, 0.05) is 12.3 Å². The van der Waals surface area contributed by atoms with Crippen LogP contribution >= 0.6 is 11.8 Å². The van der Waals surface area contributed by atoms with Gasteiger partial charge in [-0.15, -0.1) is 18.2 Å². The van der Waals surface area contributed by atoms with Crippen molar-refractivity contribution in [2.75, 3.05) is 18.1 Å². The van der Waals surface area contributed by atoms with Crippen molar-refractivity contribution in [2.45, 2.75) is 0 Å². The van der Waals surface area contributed by atoms with E-state index >= 15 is 0 Å². The third kappa shape index (κ3) is 3.93. The van der Waals surface area contributed by atoms with E-state index in [1.165, 1.54) is 30.0 Å². The zero-order chi connectivity index (χ0) is 12.7. The first kappa shape index (κ1) is 13.3. The van der Waals surface area contributed by atoms with Crippen LogP contribution < -0.4 is 5.32 Å². The quantitative estimate of drug-likeness (QED) is 0.418. The summed E-state index contributed by atoms with van der Waals surface area (Å²) in [6.45, 7) is 0.459. The SMILES string of the molecule is C#CCSCCNC(=O)c1cccc(O)c1O. The first-order chi connectivity index (χ1) is 8.16. The minimum absolute atomic E-state index is 0.0620. The van der Waals surface area contributed by atoms with Gasteiger partial charge in [0.15, 0.2) is 11.5 Å². The minimum atomic E-state index is -0.417. The second kappa shape index (κ2) is 6.71. The van der Waals surface area contributed by atoms with Crippen molar-refractivity contribution in [2.24, 2.45) is 0 Å². The van der Waals surface area contributed by atoms with E-state index in [-0.39, 0.29) is 11.3 Å². The summed E-state index contributed by atoms with van der Waals surface area (Å²) >= 11 is 1.54. The molecule has 1 aromatic carbocycles. The molecule has 90 valence electrons. The number of aromatic hydroxyl groups is 2. The van der Waals surface area contributed by atoms with Crippen molar-refractivity contribution in [3.8, 4) is 23.8 Å². The highest BCUT2D eigenvalue weighted by Crippen LogP contribution is 2.27. The van der Waals surface area contributed by atoms with Gasteiger partial charge in [-0.25, -0.2) is 0 Å². The maximum atomic E-state index is 11.6. The molecule has 4 nitrogen and oxygen atoms in total. The summed E-state index contributed by atoms with van der Waals surface area (Å²) in [6.07, 6.45) is 5.08. The number of carbonyl (C=O) groups excluding carboxylic acids is 1. The van der Waals surface area contributed by atoms with Gasteiger partial charge >= 0.3 is 0 Å². The molecule has 0 saturated carbocycles. The number of benzene rings is 1. The van der Waals surface area contributed by atoms with Crippen LogP contribution in [0.15, 0.2) is 18.2 Å². The molecule has 0 aliphatic rings.